The van der Waals surface area contributed by atoms with Crippen LogP contribution in [-0.2, 0) is 28.4 Å². The molecule has 0 bridgehead atoms. The fourth-order valence-corrected chi connectivity index (χ4v) is 2.95. The number of rotatable bonds is 2. The van der Waals surface area contributed by atoms with E-state index in [2.05, 4.69) is 0 Å². The van der Waals surface area contributed by atoms with Gasteiger partial charge in [-0.2, -0.15) is 0 Å². The van der Waals surface area contributed by atoms with Crippen LogP contribution in [0.1, 0.15) is 27.7 Å². The maximum atomic E-state index is 5.92. The lowest BCUT2D eigenvalue weighted by molar-refractivity contribution is -0.234. The van der Waals surface area contributed by atoms with Gasteiger partial charge in [0.2, 0.25) is 0 Å². The molecule has 3 heterocycles. The van der Waals surface area contributed by atoms with Crippen LogP contribution in [0.2, 0.25) is 0 Å². The van der Waals surface area contributed by atoms with Crippen LogP contribution in [0.5, 0.6) is 0 Å². The third-order valence-corrected chi connectivity index (χ3v) is 3.70. The van der Waals surface area contributed by atoms with Gasteiger partial charge in [0.05, 0.1) is 6.61 Å². The zero-order valence-corrected chi connectivity index (χ0v) is 12.0. The van der Waals surface area contributed by atoms with Crippen molar-refractivity contribution in [2.75, 3.05) is 13.7 Å². The van der Waals surface area contributed by atoms with Gasteiger partial charge in [-0.1, -0.05) is 0 Å². The number of hydrogen-bond acceptors (Lipinski definition) is 6. The maximum absolute atomic E-state index is 5.92. The minimum Gasteiger partial charge on any atom is -0.376 e. The van der Waals surface area contributed by atoms with Gasteiger partial charge in [0.25, 0.3) is 0 Å². The molecule has 19 heavy (non-hydrogen) atoms. The molecular weight excluding hydrogens is 252 g/mol. The van der Waals surface area contributed by atoms with E-state index in [-0.39, 0.29) is 24.4 Å². The highest BCUT2D eigenvalue weighted by Gasteiger charge is 2.58. The minimum absolute atomic E-state index is 0.166. The van der Waals surface area contributed by atoms with Crippen molar-refractivity contribution in [2.24, 2.45) is 0 Å². The van der Waals surface area contributed by atoms with E-state index >= 15 is 0 Å². The van der Waals surface area contributed by atoms with Crippen LogP contribution in [0.15, 0.2) is 0 Å². The zero-order chi connectivity index (χ0) is 13.8. The second-order valence-electron chi connectivity index (χ2n) is 6.14. The van der Waals surface area contributed by atoms with Crippen molar-refractivity contribution in [2.45, 2.75) is 70.0 Å². The highest BCUT2D eigenvalue weighted by molar-refractivity contribution is 4.98. The average molecular weight is 274 g/mol. The first kappa shape index (κ1) is 13.7. The third kappa shape index (κ3) is 2.41. The number of fused-ring (bicyclic) bond motifs is 1. The summed E-state index contributed by atoms with van der Waals surface area (Å²) < 4.78 is 34.5. The monoisotopic (exact) mass is 274 g/mol. The van der Waals surface area contributed by atoms with Crippen LogP contribution in [0, 0.1) is 0 Å². The van der Waals surface area contributed by atoms with E-state index < -0.39 is 17.9 Å². The van der Waals surface area contributed by atoms with Crippen LogP contribution in [0.3, 0.4) is 0 Å². The molecule has 0 radical (unpaired) electrons. The molecule has 5 atom stereocenters. The fourth-order valence-electron chi connectivity index (χ4n) is 2.95. The summed E-state index contributed by atoms with van der Waals surface area (Å²) in [5.74, 6) is -1.21. The van der Waals surface area contributed by atoms with E-state index in [1.807, 2.05) is 27.7 Å². The molecule has 0 N–H and O–H groups in total. The molecule has 0 amide bonds. The quantitative estimate of drug-likeness (QED) is 0.749. The molecule has 3 fully saturated rings. The average Bonchev–Trinajstić information content (AvgIpc) is 2.87. The zero-order valence-electron chi connectivity index (χ0n) is 12.0. The first-order chi connectivity index (χ1) is 8.81. The molecule has 0 saturated carbocycles. The van der Waals surface area contributed by atoms with Gasteiger partial charge in [0.1, 0.15) is 24.4 Å². The number of ether oxygens (including phenoxy) is 6. The Hall–Kier alpha value is -0.240. The van der Waals surface area contributed by atoms with Gasteiger partial charge < -0.3 is 28.4 Å². The van der Waals surface area contributed by atoms with Gasteiger partial charge in [-0.3, -0.25) is 0 Å². The van der Waals surface area contributed by atoms with Gasteiger partial charge in [-0.15, -0.1) is 0 Å². The standard InChI is InChI=1S/C13H22O6/c1-12(2)15-6-7(17-12)8-9(14-5)10-11(16-8)19-13(3,4)18-10/h7-11H,6H2,1-5H3. The largest absolute Gasteiger partial charge is 0.376 e. The molecule has 110 valence electrons. The summed E-state index contributed by atoms with van der Waals surface area (Å²) in [6.45, 7) is 8.01. The Balaban J connectivity index is 1.72. The van der Waals surface area contributed by atoms with Crippen molar-refractivity contribution in [3.63, 3.8) is 0 Å². The molecule has 3 aliphatic rings. The van der Waals surface area contributed by atoms with E-state index in [9.17, 15) is 0 Å². The highest BCUT2D eigenvalue weighted by atomic mass is 16.8. The smallest absolute Gasteiger partial charge is 0.190 e. The molecule has 0 aliphatic carbocycles. The lowest BCUT2D eigenvalue weighted by atomic mass is 10.1. The Kier molecular flexibility index (Phi) is 3.16. The second kappa shape index (κ2) is 4.38. The summed E-state index contributed by atoms with van der Waals surface area (Å²) in [6.07, 6.45) is -1.25. The minimum atomic E-state index is -0.636. The molecule has 3 saturated heterocycles. The van der Waals surface area contributed by atoms with E-state index in [1.54, 1.807) is 7.11 Å². The van der Waals surface area contributed by atoms with Gasteiger partial charge in [-0.05, 0) is 27.7 Å². The maximum Gasteiger partial charge on any atom is 0.190 e. The SMILES string of the molecule is COC1C(C2COC(C)(C)O2)OC2OC(C)(C)OC21. The topological polar surface area (TPSA) is 55.4 Å². The van der Waals surface area contributed by atoms with Gasteiger partial charge >= 0.3 is 0 Å². The Morgan fingerprint density at radius 3 is 2.26 bits per heavy atom. The van der Waals surface area contributed by atoms with Gasteiger partial charge in [0, 0.05) is 7.11 Å². The molecule has 5 unspecified atom stereocenters. The third-order valence-electron chi connectivity index (χ3n) is 3.70. The van der Waals surface area contributed by atoms with Crippen LogP contribution in [0.25, 0.3) is 0 Å². The summed E-state index contributed by atoms with van der Waals surface area (Å²) in [7, 11) is 1.65. The predicted molar refractivity (Wildman–Crippen MR) is 64.4 cm³/mol. The summed E-state index contributed by atoms with van der Waals surface area (Å²) >= 11 is 0. The Morgan fingerprint density at radius 1 is 0.947 bits per heavy atom. The predicted octanol–water partition coefficient (Wildman–Crippen LogP) is 1.03. The summed E-state index contributed by atoms with van der Waals surface area (Å²) in [6, 6.07) is 0. The molecular formula is C13H22O6. The van der Waals surface area contributed by atoms with Crippen LogP contribution >= 0.6 is 0 Å². The van der Waals surface area contributed by atoms with E-state index in [1.165, 1.54) is 0 Å². The summed E-state index contributed by atoms with van der Waals surface area (Å²) in [5.41, 5.74) is 0. The molecule has 3 rings (SSSR count). The molecule has 3 aliphatic heterocycles. The number of hydrogen-bond donors (Lipinski definition) is 0. The van der Waals surface area contributed by atoms with E-state index in [0.29, 0.717) is 6.61 Å². The van der Waals surface area contributed by atoms with Crippen molar-refractivity contribution in [3.8, 4) is 0 Å². The second-order valence-corrected chi connectivity index (χ2v) is 6.14. The molecule has 6 nitrogen and oxygen atoms in total. The van der Waals surface area contributed by atoms with Crippen molar-refractivity contribution in [1.82, 2.24) is 0 Å². The first-order valence-corrected chi connectivity index (χ1v) is 6.67. The van der Waals surface area contributed by atoms with Crippen LogP contribution in [0.4, 0.5) is 0 Å². The van der Waals surface area contributed by atoms with Crippen molar-refractivity contribution >= 4 is 0 Å². The first-order valence-electron chi connectivity index (χ1n) is 6.67. The molecule has 0 aromatic carbocycles. The summed E-state index contributed by atoms with van der Waals surface area (Å²) in [4.78, 5) is 0. The fraction of sp³-hybridized carbons (Fsp3) is 1.00. The normalized spacial score (nSPS) is 47.5. The van der Waals surface area contributed by atoms with Crippen molar-refractivity contribution < 1.29 is 28.4 Å². The molecule has 0 spiro atoms. The van der Waals surface area contributed by atoms with Crippen LogP contribution < -0.4 is 0 Å². The van der Waals surface area contributed by atoms with Crippen LogP contribution in [-0.4, -0.2) is 56.0 Å². The van der Waals surface area contributed by atoms with Gasteiger partial charge in [-0.25, -0.2) is 0 Å². The highest BCUT2D eigenvalue weighted by Crippen LogP contribution is 2.41. The Morgan fingerprint density at radius 2 is 1.68 bits per heavy atom. The molecule has 0 aromatic rings. The van der Waals surface area contributed by atoms with Crippen molar-refractivity contribution in [1.29, 1.82) is 0 Å². The Labute approximate surface area is 113 Å². The van der Waals surface area contributed by atoms with Gasteiger partial charge in [0.15, 0.2) is 17.9 Å². The lowest BCUT2D eigenvalue weighted by Gasteiger charge is -2.28. The van der Waals surface area contributed by atoms with E-state index in [0.717, 1.165) is 0 Å². The van der Waals surface area contributed by atoms with E-state index in [4.69, 9.17) is 28.4 Å². The molecule has 0 aromatic heterocycles. The van der Waals surface area contributed by atoms with Crippen molar-refractivity contribution in [3.05, 3.63) is 0 Å². The molecule has 6 heteroatoms. The lowest BCUT2D eigenvalue weighted by Crippen LogP contribution is -2.43. The Bertz CT molecular complexity index is 355. The number of methoxy groups -OCH3 is 1. The summed E-state index contributed by atoms with van der Waals surface area (Å²) in [5, 5.41) is 0.